The lowest BCUT2D eigenvalue weighted by atomic mass is 9.66. The average molecular weight is 290 g/mol. The van der Waals surface area contributed by atoms with Crippen molar-refractivity contribution in [2.24, 2.45) is 0 Å². The molecule has 0 heterocycles. The van der Waals surface area contributed by atoms with Crippen LogP contribution in [-0.4, -0.2) is 25.3 Å². The van der Waals surface area contributed by atoms with Crippen molar-refractivity contribution in [1.29, 1.82) is 0 Å². The summed E-state index contributed by atoms with van der Waals surface area (Å²) in [6.45, 7) is 0. The molecular formula is C17H22O4. The Labute approximate surface area is 125 Å². The number of carboxylic acid groups (broad SMARTS) is 1. The van der Waals surface area contributed by atoms with Gasteiger partial charge in [0.1, 0.15) is 0 Å². The molecule has 0 radical (unpaired) electrons. The van der Waals surface area contributed by atoms with Gasteiger partial charge in [-0.3, -0.25) is 0 Å². The highest BCUT2D eigenvalue weighted by atomic mass is 16.5. The third-order valence-corrected chi connectivity index (χ3v) is 5.35. The number of rotatable bonds is 5. The van der Waals surface area contributed by atoms with Crippen molar-refractivity contribution in [2.75, 3.05) is 14.2 Å². The van der Waals surface area contributed by atoms with Gasteiger partial charge < -0.3 is 14.6 Å². The van der Waals surface area contributed by atoms with E-state index in [9.17, 15) is 9.90 Å². The molecule has 21 heavy (non-hydrogen) atoms. The molecule has 0 amide bonds. The van der Waals surface area contributed by atoms with Gasteiger partial charge in [0, 0.05) is 14.2 Å². The molecule has 4 nitrogen and oxygen atoms in total. The van der Waals surface area contributed by atoms with Crippen LogP contribution in [0.25, 0.3) is 0 Å². The lowest BCUT2D eigenvalue weighted by Crippen LogP contribution is -2.43. The number of benzene rings is 1. The highest BCUT2D eigenvalue weighted by molar-refractivity contribution is 5.88. The Bertz CT molecular complexity index is 545. The molecule has 2 aliphatic rings. The van der Waals surface area contributed by atoms with Crippen LogP contribution in [0.2, 0.25) is 0 Å². The van der Waals surface area contributed by atoms with Gasteiger partial charge in [0.15, 0.2) is 0 Å². The minimum Gasteiger partial charge on any atom is -0.478 e. The Morgan fingerprint density at radius 3 is 1.90 bits per heavy atom. The number of aromatic carboxylic acids is 1. The second-order valence-electron chi connectivity index (χ2n) is 6.17. The minimum atomic E-state index is -0.895. The van der Waals surface area contributed by atoms with Crippen LogP contribution in [0.15, 0.2) is 18.2 Å². The molecular weight excluding hydrogens is 268 g/mol. The Kier molecular flexibility index (Phi) is 3.54. The van der Waals surface area contributed by atoms with Crippen LogP contribution in [0.3, 0.4) is 0 Å². The maximum Gasteiger partial charge on any atom is 0.335 e. The van der Waals surface area contributed by atoms with E-state index < -0.39 is 5.97 Å². The molecule has 4 heteroatoms. The maximum atomic E-state index is 11.3. The first-order valence-corrected chi connectivity index (χ1v) is 7.55. The van der Waals surface area contributed by atoms with Gasteiger partial charge in [0.2, 0.25) is 0 Å². The zero-order valence-corrected chi connectivity index (χ0v) is 12.6. The first kappa shape index (κ1) is 14.5. The van der Waals surface area contributed by atoms with E-state index in [0.717, 1.165) is 49.7 Å². The van der Waals surface area contributed by atoms with E-state index in [1.54, 1.807) is 26.4 Å². The molecule has 0 unspecified atom stereocenters. The molecule has 3 rings (SSSR count). The van der Waals surface area contributed by atoms with Gasteiger partial charge >= 0.3 is 5.97 Å². The van der Waals surface area contributed by atoms with Crippen LogP contribution in [0, 0.1) is 0 Å². The predicted molar refractivity (Wildman–Crippen MR) is 78.5 cm³/mol. The molecule has 1 aromatic rings. The van der Waals surface area contributed by atoms with Gasteiger partial charge in [0.05, 0.1) is 16.8 Å². The molecule has 0 spiro atoms. The summed E-state index contributed by atoms with van der Waals surface area (Å²) in [5.41, 5.74) is 1.86. The van der Waals surface area contributed by atoms with Gasteiger partial charge in [-0.2, -0.15) is 0 Å². The quantitative estimate of drug-likeness (QED) is 0.902. The van der Waals surface area contributed by atoms with Crippen molar-refractivity contribution in [3.8, 4) is 0 Å². The van der Waals surface area contributed by atoms with Crippen LogP contribution >= 0.6 is 0 Å². The Hall–Kier alpha value is -1.39. The van der Waals surface area contributed by atoms with Crippen molar-refractivity contribution >= 4 is 5.97 Å². The molecule has 0 aliphatic heterocycles. The van der Waals surface area contributed by atoms with Crippen molar-refractivity contribution in [3.05, 3.63) is 34.9 Å². The van der Waals surface area contributed by atoms with Crippen LogP contribution in [0.1, 0.15) is 60.0 Å². The van der Waals surface area contributed by atoms with Crippen molar-refractivity contribution in [3.63, 3.8) is 0 Å². The summed E-state index contributed by atoms with van der Waals surface area (Å²) < 4.78 is 11.6. The lowest BCUT2D eigenvalue weighted by Gasteiger charge is -2.48. The fourth-order valence-corrected chi connectivity index (χ4v) is 3.61. The molecule has 1 N–H and O–H groups in total. The maximum absolute atomic E-state index is 11.3. The summed E-state index contributed by atoms with van der Waals surface area (Å²) in [6.07, 6.45) is 6.13. The fourth-order valence-electron chi connectivity index (χ4n) is 3.61. The third kappa shape index (κ3) is 2.09. The van der Waals surface area contributed by atoms with Crippen LogP contribution < -0.4 is 0 Å². The van der Waals surface area contributed by atoms with Gasteiger partial charge in [-0.05, 0) is 61.8 Å². The Morgan fingerprint density at radius 1 is 1.00 bits per heavy atom. The largest absolute Gasteiger partial charge is 0.478 e. The highest BCUT2D eigenvalue weighted by Crippen LogP contribution is 2.52. The van der Waals surface area contributed by atoms with Crippen LogP contribution in [0.5, 0.6) is 0 Å². The summed E-state index contributed by atoms with van der Waals surface area (Å²) >= 11 is 0. The van der Waals surface area contributed by atoms with E-state index in [1.807, 2.05) is 6.07 Å². The van der Waals surface area contributed by atoms with Gasteiger partial charge in [-0.15, -0.1) is 0 Å². The number of hydrogen-bond acceptors (Lipinski definition) is 3. The standard InChI is InChI=1S/C17H22O4/c1-20-16(7-3-8-16)13-6-5-12(15(18)19)11-14(13)17(21-2)9-4-10-17/h5-6,11H,3-4,7-10H2,1-2H3,(H,18,19). The number of carbonyl (C=O) groups is 1. The molecule has 0 atom stereocenters. The zero-order valence-electron chi connectivity index (χ0n) is 12.6. The molecule has 2 saturated carbocycles. The van der Waals surface area contributed by atoms with Gasteiger partial charge in [0.25, 0.3) is 0 Å². The molecule has 2 aliphatic carbocycles. The highest BCUT2D eigenvalue weighted by Gasteiger charge is 2.47. The normalized spacial score (nSPS) is 22.2. The fraction of sp³-hybridized carbons (Fsp3) is 0.588. The second kappa shape index (κ2) is 5.11. The minimum absolute atomic E-state index is 0.256. The summed E-state index contributed by atoms with van der Waals surface area (Å²) in [4.78, 5) is 11.3. The predicted octanol–water partition coefficient (Wildman–Crippen LogP) is 3.44. The summed E-state index contributed by atoms with van der Waals surface area (Å²) in [7, 11) is 3.46. The van der Waals surface area contributed by atoms with E-state index in [0.29, 0.717) is 5.56 Å². The molecule has 0 bridgehead atoms. The summed E-state index contributed by atoms with van der Waals surface area (Å²) in [5.74, 6) is -0.895. The van der Waals surface area contributed by atoms with E-state index in [1.165, 1.54) is 0 Å². The molecule has 114 valence electrons. The van der Waals surface area contributed by atoms with E-state index in [4.69, 9.17) is 9.47 Å². The summed E-state index contributed by atoms with van der Waals surface area (Å²) in [6, 6.07) is 5.40. The van der Waals surface area contributed by atoms with Gasteiger partial charge in [-0.25, -0.2) is 4.79 Å². The smallest absolute Gasteiger partial charge is 0.335 e. The zero-order chi connectivity index (χ0) is 15.1. The molecule has 2 fully saturated rings. The third-order valence-electron chi connectivity index (χ3n) is 5.35. The van der Waals surface area contributed by atoms with E-state index in [-0.39, 0.29) is 11.2 Å². The molecule has 1 aromatic carbocycles. The summed E-state index contributed by atoms with van der Waals surface area (Å²) in [5, 5.41) is 9.29. The van der Waals surface area contributed by atoms with Crippen LogP contribution in [-0.2, 0) is 20.7 Å². The van der Waals surface area contributed by atoms with Crippen molar-refractivity contribution in [1.82, 2.24) is 0 Å². The second-order valence-corrected chi connectivity index (χ2v) is 6.17. The van der Waals surface area contributed by atoms with Gasteiger partial charge in [-0.1, -0.05) is 6.07 Å². The van der Waals surface area contributed by atoms with E-state index in [2.05, 4.69) is 0 Å². The average Bonchev–Trinajstić information content (AvgIpc) is 2.38. The van der Waals surface area contributed by atoms with Crippen molar-refractivity contribution < 1.29 is 19.4 Å². The lowest BCUT2D eigenvalue weighted by molar-refractivity contribution is -0.0988. The van der Waals surface area contributed by atoms with Crippen LogP contribution in [0.4, 0.5) is 0 Å². The number of carboxylic acids is 1. The first-order chi connectivity index (χ1) is 10.1. The Morgan fingerprint density at radius 2 is 1.52 bits per heavy atom. The Balaban J connectivity index is 2.13. The number of hydrogen-bond donors (Lipinski definition) is 1. The number of methoxy groups -OCH3 is 2. The van der Waals surface area contributed by atoms with E-state index >= 15 is 0 Å². The molecule has 0 saturated heterocycles. The van der Waals surface area contributed by atoms with Crippen molar-refractivity contribution in [2.45, 2.75) is 49.7 Å². The first-order valence-electron chi connectivity index (χ1n) is 7.55. The monoisotopic (exact) mass is 290 g/mol. The number of ether oxygens (including phenoxy) is 2. The topological polar surface area (TPSA) is 55.8 Å². The SMILES string of the molecule is COC1(c2ccc(C(=O)O)cc2C2(OC)CCC2)CCC1. The molecule has 0 aromatic heterocycles.